The standard InChI is InChI=1S/C13H12Cl2F2N4/c1-2-3-18-13-19-6-10(16)12(21-13)20-7-4-8(14)11(17)9(15)5-7/h4-6H,2-3H2,1H3,(H2,18,19,20,21). The first-order chi connectivity index (χ1) is 10.0. The Balaban J connectivity index is 2.26. The second kappa shape index (κ2) is 6.87. The van der Waals surface area contributed by atoms with Crippen molar-refractivity contribution < 1.29 is 8.78 Å². The van der Waals surface area contributed by atoms with Crippen LogP contribution < -0.4 is 10.6 Å². The van der Waals surface area contributed by atoms with Crippen molar-refractivity contribution >= 4 is 40.7 Å². The van der Waals surface area contributed by atoms with Crippen LogP contribution in [0.25, 0.3) is 0 Å². The van der Waals surface area contributed by atoms with Crippen LogP contribution in [0.4, 0.5) is 26.2 Å². The normalized spacial score (nSPS) is 10.5. The minimum absolute atomic E-state index is 0.0534. The summed E-state index contributed by atoms with van der Waals surface area (Å²) in [6.45, 7) is 2.65. The van der Waals surface area contributed by atoms with Crippen LogP contribution in [0.15, 0.2) is 18.3 Å². The Labute approximate surface area is 130 Å². The van der Waals surface area contributed by atoms with E-state index in [4.69, 9.17) is 23.2 Å². The van der Waals surface area contributed by atoms with Gasteiger partial charge >= 0.3 is 0 Å². The summed E-state index contributed by atoms with van der Waals surface area (Å²) in [7, 11) is 0. The van der Waals surface area contributed by atoms with E-state index in [1.807, 2.05) is 6.92 Å². The van der Waals surface area contributed by atoms with Gasteiger partial charge in [0.05, 0.1) is 16.2 Å². The molecule has 0 fully saturated rings. The van der Waals surface area contributed by atoms with E-state index in [1.165, 1.54) is 12.1 Å². The summed E-state index contributed by atoms with van der Waals surface area (Å²) < 4.78 is 27.0. The number of halogens is 4. The van der Waals surface area contributed by atoms with Crippen molar-refractivity contribution in [1.82, 2.24) is 9.97 Å². The van der Waals surface area contributed by atoms with E-state index in [2.05, 4.69) is 20.6 Å². The molecule has 0 saturated heterocycles. The average Bonchev–Trinajstić information content (AvgIpc) is 2.45. The molecule has 0 aliphatic rings. The van der Waals surface area contributed by atoms with Crippen molar-refractivity contribution in [1.29, 1.82) is 0 Å². The van der Waals surface area contributed by atoms with Crippen molar-refractivity contribution in [3.05, 3.63) is 40.0 Å². The Bertz CT molecular complexity index is 629. The van der Waals surface area contributed by atoms with E-state index in [1.54, 1.807) is 0 Å². The van der Waals surface area contributed by atoms with Crippen LogP contribution in [-0.2, 0) is 0 Å². The Hall–Kier alpha value is -1.66. The molecule has 112 valence electrons. The second-order valence-electron chi connectivity index (χ2n) is 4.20. The summed E-state index contributed by atoms with van der Waals surface area (Å²) in [6.07, 6.45) is 1.92. The minimum Gasteiger partial charge on any atom is -0.354 e. The van der Waals surface area contributed by atoms with Gasteiger partial charge in [-0.3, -0.25) is 0 Å². The second-order valence-corrected chi connectivity index (χ2v) is 5.01. The maximum atomic E-state index is 13.7. The molecule has 0 saturated carbocycles. The predicted molar refractivity (Wildman–Crippen MR) is 80.5 cm³/mol. The van der Waals surface area contributed by atoms with Crippen LogP contribution >= 0.6 is 23.2 Å². The first kappa shape index (κ1) is 15.7. The van der Waals surface area contributed by atoms with Gasteiger partial charge in [0.15, 0.2) is 17.5 Å². The fourth-order valence-corrected chi connectivity index (χ4v) is 2.03. The molecule has 0 aliphatic heterocycles. The fourth-order valence-electron chi connectivity index (χ4n) is 1.54. The molecule has 8 heteroatoms. The summed E-state index contributed by atoms with van der Waals surface area (Å²) in [5.74, 6) is -1.13. The van der Waals surface area contributed by atoms with Crippen LogP contribution in [0.3, 0.4) is 0 Å². The van der Waals surface area contributed by atoms with Gasteiger partial charge in [-0.25, -0.2) is 13.8 Å². The highest BCUT2D eigenvalue weighted by molar-refractivity contribution is 6.35. The van der Waals surface area contributed by atoms with Gasteiger partial charge in [0, 0.05) is 12.2 Å². The Kier molecular flexibility index (Phi) is 5.14. The fraction of sp³-hybridized carbons (Fsp3) is 0.231. The number of anilines is 3. The SMILES string of the molecule is CCCNc1ncc(F)c(Nc2cc(Cl)c(F)c(Cl)c2)n1. The zero-order valence-electron chi connectivity index (χ0n) is 11.1. The molecule has 0 amide bonds. The summed E-state index contributed by atoms with van der Waals surface area (Å²) in [4.78, 5) is 7.82. The first-order valence-electron chi connectivity index (χ1n) is 6.19. The quantitative estimate of drug-likeness (QED) is 0.784. The number of hydrogen-bond acceptors (Lipinski definition) is 4. The highest BCUT2D eigenvalue weighted by Crippen LogP contribution is 2.29. The smallest absolute Gasteiger partial charge is 0.224 e. The van der Waals surface area contributed by atoms with Crippen molar-refractivity contribution in [3.63, 3.8) is 0 Å². The number of benzene rings is 1. The van der Waals surface area contributed by atoms with Crippen molar-refractivity contribution in [2.75, 3.05) is 17.2 Å². The molecule has 4 nitrogen and oxygen atoms in total. The van der Waals surface area contributed by atoms with E-state index in [0.717, 1.165) is 12.6 Å². The van der Waals surface area contributed by atoms with Crippen molar-refractivity contribution in [3.8, 4) is 0 Å². The topological polar surface area (TPSA) is 49.8 Å². The lowest BCUT2D eigenvalue weighted by Crippen LogP contribution is -2.07. The predicted octanol–water partition coefficient (Wildman–Crippen LogP) is 4.63. The summed E-state index contributed by atoms with van der Waals surface area (Å²) in [5, 5.41) is 5.31. The first-order valence-corrected chi connectivity index (χ1v) is 6.94. The molecule has 0 bridgehead atoms. The number of nitrogens with one attached hydrogen (secondary N) is 2. The molecule has 0 spiro atoms. The maximum absolute atomic E-state index is 13.7. The van der Waals surface area contributed by atoms with E-state index in [9.17, 15) is 8.78 Å². The van der Waals surface area contributed by atoms with Crippen LogP contribution in [0.1, 0.15) is 13.3 Å². The Morgan fingerprint density at radius 3 is 2.48 bits per heavy atom. The highest BCUT2D eigenvalue weighted by atomic mass is 35.5. The van der Waals surface area contributed by atoms with E-state index in [0.29, 0.717) is 18.2 Å². The number of rotatable bonds is 5. The molecular weight excluding hydrogens is 321 g/mol. The van der Waals surface area contributed by atoms with Gasteiger partial charge in [0.1, 0.15) is 0 Å². The van der Waals surface area contributed by atoms with Gasteiger partial charge in [-0.05, 0) is 18.6 Å². The molecule has 2 aromatic rings. The summed E-state index contributed by atoms with van der Waals surface area (Å²) >= 11 is 11.4. The molecule has 0 unspecified atom stereocenters. The van der Waals surface area contributed by atoms with Gasteiger partial charge < -0.3 is 10.6 Å². The van der Waals surface area contributed by atoms with Gasteiger partial charge in [0.2, 0.25) is 5.95 Å². The molecule has 0 radical (unpaired) electrons. The van der Waals surface area contributed by atoms with Crippen molar-refractivity contribution in [2.24, 2.45) is 0 Å². The van der Waals surface area contributed by atoms with E-state index in [-0.39, 0.29) is 15.9 Å². The lowest BCUT2D eigenvalue weighted by atomic mass is 10.3. The molecule has 1 aromatic carbocycles. The van der Waals surface area contributed by atoms with Gasteiger partial charge in [-0.2, -0.15) is 4.98 Å². The van der Waals surface area contributed by atoms with E-state index >= 15 is 0 Å². The molecule has 2 N–H and O–H groups in total. The third kappa shape index (κ3) is 3.92. The average molecular weight is 333 g/mol. The minimum atomic E-state index is -0.725. The summed E-state index contributed by atoms with van der Waals surface area (Å²) in [5.41, 5.74) is 0.324. The molecule has 1 aromatic heterocycles. The Morgan fingerprint density at radius 2 is 1.86 bits per heavy atom. The lowest BCUT2D eigenvalue weighted by Gasteiger charge is -2.10. The van der Waals surface area contributed by atoms with Gasteiger partial charge in [0.25, 0.3) is 0 Å². The van der Waals surface area contributed by atoms with Crippen LogP contribution in [0, 0.1) is 11.6 Å². The molecule has 21 heavy (non-hydrogen) atoms. The Morgan fingerprint density at radius 1 is 1.19 bits per heavy atom. The van der Waals surface area contributed by atoms with Crippen LogP contribution in [0.5, 0.6) is 0 Å². The number of nitrogens with zero attached hydrogens (tertiary/aromatic N) is 2. The van der Waals surface area contributed by atoms with Gasteiger partial charge in [-0.15, -0.1) is 0 Å². The third-order valence-electron chi connectivity index (χ3n) is 2.52. The van der Waals surface area contributed by atoms with Crippen LogP contribution in [-0.4, -0.2) is 16.5 Å². The van der Waals surface area contributed by atoms with Gasteiger partial charge in [-0.1, -0.05) is 30.1 Å². The largest absolute Gasteiger partial charge is 0.354 e. The highest BCUT2D eigenvalue weighted by Gasteiger charge is 2.11. The molecule has 2 rings (SSSR count). The van der Waals surface area contributed by atoms with E-state index < -0.39 is 11.6 Å². The zero-order valence-corrected chi connectivity index (χ0v) is 12.6. The molecule has 1 heterocycles. The summed E-state index contributed by atoms with van der Waals surface area (Å²) in [6, 6.07) is 2.59. The monoisotopic (exact) mass is 332 g/mol. The maximum Gasteiger partial charge on any atom is 0.224 e. The van der Waals surface area contributed by atoms with Crippen LogP contribution in [0.2, 0.25) is 10.0 Å². The third-order valence-corrected chi connectivity index (χ3v) is 3.07. The lowest BCUT2D eigenvalue weighted by molar-refractivity contribution is 0.619. The molecule has 0 aliphatic carbocycles. The molecule has 0 atom stereocenters. The number of aromatic nitrogens is 2. The van der Waals surface area contributed by atoms with Crippen molar-refractivity contribution in [2.45, 2.75) is 13.3 Å². The number of hydrogen-bond donors (Lipinski definition) is 2. The molecular formula is C13H12Cl2F2N4. The zero-order chi connectivity index (χ0) is 15.4.